The van der Waals surface area contributed by atoms with E-state index in [1.807, 2.05) is 4.57 Å². The Hall–Kier alpha value is -2.51. The highest BCUT2D eigenvalue weighted by Crippen LogP contribution is 2.18. The smallest absolute Gasteiger partial charge is 0.315 e. The van der Waals surface area contributed by atoms with Crippen molar-refractivity contribution in [1.29, 1.82) is 0 Å². The molecule has 2 amide bonds. The van der Waals surface area contributed by atoms with Gasteiger partial charge in [0.05, 0.1) is 12.6 Å². The summed E-state index contributed by atoms with van der Waals surface area (Å²) in [6, 6.07) is 2.04. The highest BCUT2D eigenvalue weighted by Gasteiger charge is 2.17. The lowest BCUT2D eigenvalue weighted by Crippen LogP contribution is -2.37. The van der Waals surface area contributed by atoms with E-state index < -0.39 is 23.7 Å². The lowest BCUT2D eigenvalue weighted by Gasteiger charge is -2.16. The van der Waals surface area contributed by atoms with E-state index in [0.717, 1.165) is 56.3 Å². The Morgan fingerprint density at radius 2 is 2.12 bits per heavy atom. The third kappa shape index (κ3) is 4.12. The van der Waals surface area contributed by atoms with Crippen LogP contribution in [0.25, 0.3) is 0 Å². The van der Waals surface area contributed by atoms with E-state index in [1.54, 1.807) is 6.92 Å². The number of carbonyl (C=O) groups is 1. The number of benzene rings is 1. The molecule has 0 aliphatic carbocycles. The number of carbonyl (C=O) groups excluding carboxylic acids is 1. The van der Waals surface area contributed by atoms with Crippen LogP contribution >= 0.6 is 0 Å². The summed E-state index contributed by atoms with van der Waals surface area (Å²) in [7, 11) is 0. The quantitative estimate of drug-likeness (QED) is 0.892. The van der Waals surface area contributed by atoms with Gasteiger partial charge >= 0.3 is 6.03 Å². The van der Waals surface area contributed by atoms with Gasteiger partial charge in [0, 0.05) is 18.5 Å². The normalized spacial score (nSPS) is 15.2. The third-order valence-electron chi connectivity index (χ3n) is 4.37. The predicted molar refractivity (Wildman–Crippen MR) is 87.7 cm³/mol. The van der Waals surface area contributed by atoms with Gasteiger partial charge in [-0.25, -0.2) is 13.6 Å². The largest absolute Gasteiger partial charge is 0.332 e. The van der Waals surface area contributed by atoms with Crippen molar-refractivity contribution in [2.45, 2.75) is 51.7 Å². The van der Waals surface area contributed by atoms with Gasteiger partial charge in [0.25, 0.3) is 0 Å². The summed E-state index contributed by atoms with van der Waals surface area (Å²) in [5, 5.41) is 13.6. The van der Waals surface area contributed by atoms with Crippen molar-refractivity contribution in [2.24, 2.45) is 0 Å². The van der Waals surface area contributed by atoms with Gasteiger partial charge in [-0.3, -0.25) is 0 Å². The number of halogens is 2. The molecular formula is C17H21F2N5O. The van der Waals surface area contributed by atoms with Gasteiger partial charge in [-0.1, -0.05) is 6.42 Å². The highest BCUT2D eigenvalue weighted by molar-refractivity contribution is 5.74. The zero-order chi connectivity index (χ0) is 17.8. The van der Waals surface area contributed by atoms with Crippen LogP contribution in [-0.4, -0.2) is 20.8 Å². The van der Waals surface area contributed by atoms with Crippen molar-refractivity contribution >= 4 is 6.03 Å². The van der Waals surface area contributed by atoms with Gasteiger partial charge in [0.2, 0.25) is 0 Å². The van der Waals surface area contributed by atoms with Crippen LogP contribution in [0.3, 0.4) is 0 Å². The fourth-order valence-electron chi connectivity index (χ4n) is 3.01. The summed E-state index contributed by atoms with van der Waals surface area (Å²) in [6.07, 6.45) is 4.23. The second-order valence-corrected chi connectivity index (χ2v) is 6.21. The fraction of sp³-hybridized carbons (Fsp3) is 0.471. The molecule has 1 atom stereocenters. The number of aromatic nitrogens is 3. The number of aryl methyl sites for hydroxylation is 1. The average Bonchev–Trinajstić information content (AvgIpc) is 2.81. The minimum absolute atomic E-state index is 0.103. The van der Waals surface area contributed by atoms with Crippen molar-refractivity contribution in [3.63, 3.8) is 0 Å². The summed E-state index contributed by atoms with van der Waals surface area (Å²) < 4.78 is 29.1. The van der Waals surface area contributed by atoms with Crippen molar-refractivity contribution in [1.82, 2.24) is 25.4 Å². The van der Waals surface area contributed by atoms with Crippen molar-refractivity contribution < 1.29 is 13.6 Å². The first-order valence-corrected chi connectivity index (χ1v) is 8.45. The second kappa shape index (κ2) is 7.58. The first-order chi connectivity index (χ1) is 12.0. The van der Waals surface area contributed by atoms with Crippen LogP contribution in [0.5, 0.6) is 0 Å². The van der Waals surface area contributed by atoms with Crippen LogP contribution in [0.4, 0.5) is 13.6 Å². The maximum absolute atomic E-state index is 13.7. The Morgan fingerprint density at radius 3 is 2.96 bits per heavy atom. The maximum Gasteiger partial charge on any atom is 0.315 e. The number of rotatable bonds is 4. The van der Waals surface area contributed by atoms with Gasteiger partial charge in [0.15, 0.2) is 5.82 Å². The second-order valence-electron chi connectivity index (χ2n) is 6.21. The number of hydrogen-bond acceptors (Lipinski definition) is 3. The van der Waals surface area contributed by atoms with Crippen LogP contribution in [0.2, 0.25) is 0 Å². The third-order valence-corrected chi connectivity index (χ3v) is 4.37. The fourth-order valence-corrected chi connectivity index (χ4v) is 3.01. The predicted octanol–water partition coefficient (Wildman–Crippen LogP) is 2.84. The van der Waals surface area contributed by atoms with Crippen LogP contribution < -0.4 is 10.6 Å². The van der Waals surface area contributed by atoms with Crippen LogP contribution in [0.15, 0.2) is 18.2 Å². The maximum atomic E-state index is 13.7. The monoisotopic (exact) mass is 349 g/mol. The van der Waals surface area contributed by atoms with E-state index in [-0.39, 0.29) is 12.1 Å². The number of fused-ring (bicyclic) bond motifs is 1. The van der Waals surface area contributed by atoms with Crippen LogP contribution in [-0.2, 0) is 19.5 Å². The van der Waals surface area contributed by atoms with Crippen molar-refractivity contribution in [3.05, 3.63) is 47.0 Å². The molecular weight excluding hydrogens is 328 g/mol. The topological polar surface area (TPSA) is 71.8 Å². The molecule has 0 fully saturated rings. The molecule has 1 aliphatic heterocycles. The molecule has 6 nitrogen and oxygen atoms in total. The minimum Gasteiger partial charge on any atom is -0.332 e. The Labute approximate surface area is 144 Å². The molecule has 0 saturated heterocycles. The van der Waals surface area contributed by atoms with Gasteiger partial charge in [0.1, 0.15) is 17.5 Å². The van der Waals surface area contributed by atoms with E-state index in [0.29, 0.717) is 5.82 Å². The number of amides is 2. The summed E-state index contributed by atoms with van der Waals surface area (Å²) in [4.78, 5) is 12.1. The Morgan fingerprint density at radius 1 is 1.28 bits per heavy atom. The molecule has 1 aromatic carbocycles. The first-order valence-electron chi connectivity index (χ1n) is 8.45. The van der Waals surface area contributed by atoms with Crippen molar-refractivity contribution in [2.75, 3.05) is 0 Å². The number of nitrogens with one attached hydrogen (secondary N) is 2. The summed E-state index contributed by atoms with van der Waals surface area (Å²) in [5.41, 5.74) is 0.103. The average molecular weight is 349 g/mol. The van der Waals surface area contributed by atoms with Gasteiger partial charge < -0.3 is 15.2 Å². The lowest BCUT2D eigenvalue weighted by molar-refractivity contribution is 0.237. The number of nitrogens with zero attached hydrogens (tertiary/aromatic N) is 3. The molecule has 0 saturated carbocycles. The van der Waals surface area contributed by atoms with E-state index in [1.165, 1.54) is 0 Å². The number of urea groups is 1. The summed E-state index contributed by atoms with van der Waals surface area (Å²) >= 11 is 0. The zero-order valence-electron chi connectivity index (χ0n) is 14.1. The Kier molecular flexibility index (Phi) is 5.25. The molecule has 0 bridgehead atoms. The standard InChI is InChI=1S/C17H21F2N5O/c1-11(13-9-12(18)6-7-14(13)19)21-17(25)20-10-16-23-22-15-5-3-2-4-8-24(15)16/h6-7,9,11H,2-5,8,10H2,1H3,(H2,20,21,25). The molecule has 2 heterocycles. The molecule has 134 valence electrons. The van der Waals surface area contributed by atoms with E-state index in [9.17, 15) is 13.6 Å². The number of hydrogen-bond donors (Lipinski definition) is 2. The minimum atomic E-state index is -0.661. The molecule has 1 aliphatic rings. The highest BCUT2D eigenvalue weighted by atomic mass is 19.1. The molecule has 0 radical (unpaired) electrons. The molecule has 0 spiro atoms. The van der Waals surface area contributed by atoms with Crippen molar-refractivity contribution in [3.8, 4) is 0 Å². The zero-order valence-corrected chi connectivity index (χ0v) is 14.1. The van der Waals surface area contributed by atoms with Crippen LogP contribution in [0.1, 0.15) is 49.4 Å². The first kappa shape index (κ1) is 17.3. The molecule has 25 heavy (non-hydrogen) atoms. The Bertz CT molecular complexity index is 761. The molecule has 1 unspecified atom stereocenters. The van der Waals surface area contributed by atoms with Gasteiger partial charge in [-0.05, 0) is 38.0 Å². The molecule has 8 heteroatoms. The van der Waals surface area contributed by atoms with E-state index in [4.69, 9.17) is 0 Å². The van der Waals surface area contributed by atoms with E-state index >= 15 is 0 Å². The molecule has 1 aromatic heterocycles. The lowest BCUT2D eigenvalue weighted by atomic mass is 10.1. The SMILES string of the molecule is CC(NC(=O)NCc1nnc2n1CCCCC2)c1cc(F)ccc1F. The van der Waals surface area contributed by atoms with Crippen LogP contribution in [0, 0.1) is 11.6 Å². The summed E-state index contributed by atoms with van der Waals surface area (Å²) in [5.74, 6) is 0.551. The van der Waals surface area contributed by atoms with Gasteiger partial charge in [-0.15, -0.1) is 10.2 Å². The molecule has 2 aromatic rings. The Balaban J connectivity index is 1.58. The molecule has 3 rings (SSSR count). The van der Waals surface area contributed by atoms with Gasteiger partial charge in [-0.2, -0.15) is 0 Å². The van der Waals surface area contributed by atoms with E-state index in [2.05, 4.69) is 20.8 Å². The summed E-state index contributed by atoms with van der Waals surface area (Å²) in [6.45, 7) is 2.68. The molecule has 2 N–H and O–H groups in total.